The molecular weight excluding hydrogens is 272 g/mol. The van der Waals surface area contributed by atoms with E-state index in [0.717, 1.165) is 27.5 Å². The van der Waals surface area contributed by atoms with Crippen molar-refractivity contribution in [1.29, 1.82) is 0 Å². The predicted octanol–water partition coefficient (Wildman–Crippen LogP) is 3.02. The lowest BCUT2D eigenvalue weighted by atomic mass is 10.2. The number of benzene rings is 1. The maximum Gasteiger partial charge on any atom is 0.181 e. The van der Waals surface area contributed by atoms with E-state index >= 15 is 0 Å². The molecule has 0 bridgehead atoms. The number of aromatic nitrogens is 1. The molecule has 4 heteroatoms. The van der Waals surface area contributed by atoms with Crippen molar-refractivity contribution >= 4 is 42.6 Å². The first kappa shape index (κ1) is 10.5. The molecule has 1 aromatic carbocycles. The Hall–Kier alpha value is -1.05. The van der Waals surface area contributed by atoms with Crippen LogP contribution >= 0.6 is 27.3 Å². The lowest BCUT2D eigenvalue weighted by Crippen LogP contribution is -1.79. The molecule has 0 aliphatic rings. The van der Waals surface area contributed by atoms with Crippen LogP contribution < -0.4 is 5.73 Å². The van der Waals surface area contributed by atoms with Gasteiger partial charge in [0.2, 0.25) is 0 Å². The van der Waals surface area contributed by atoms with Crippen LogP contribution in [0.25, 0.3) is 10.2 Å². The maximum absolute atomic E-state index is 5.63. The monoisotopic (exact) mass is 280 g/mol. The van der Waals surface area contributed by atoms with Crippen LogP contribution in [0.1, 0.15) is 12.0 Å². The first-order chi connectivity index (χ1) is 7.29. The van der Waals surface area contributed by atoms with E-state index in [9.17, 15) is 0 Å². The summed E-state index contributed by atoms with van der Waals surface area (Å²) in [6.07, 6.45) is 0.858. The van der Waals surface area contributed by atoms with Crippen molar-refractivity contribution in [2.24, 2.45) is 0 Å². The van der Waals surface area contributed by atoms with Crippen LogP contribution in [-0.2, 0) is 0 Å². The first-order valence-electron chi connectivity index (χ1n) is 4.50. The van der Waals surface area contributed by atoms with Gasteiger partial charge < -0.3 is 5.73 Å². The second kappa shape index (κ2) is 4.65. The molecule has 0 aliphatic carbocycles. The molecule has 0 atom stereocenters. The normalized spacial score (nSPS) is 9.93. The van der Waals surface area contributed by atoms with E-state index in [1.807, 2.05) is 18.2 Å². The number of halogens is 1. The number of nitrogen functional groups attached to an aromatic ring is 1. The Morgan fingerprint density at radius 1 is 1.47 bits per heavy atom. The molecule has 76 valence electrons. The van der Waals surface area contributed by atoms with Crippen LogP contribution in [0, 0.1) is 11.8 Å². The number of rotatable bonds is 1. The van der Waals surface area contributed by atoms with E-state index in [-0.39, 0.29) is 0 Å². The highest BCUT2D eigenvalue weighted by Crippen LogP contribution is 2.23. The lowest BCUT2D eigenvalue weighted by molar-refractivity contribution is 1.32. The van der Waals surface area contributed by atoms with Crippen molar-refractivity contribution < 1.29 is 0 Å². The Morgan fingerprint density at radius 3 is 3.13 bits per heavy atom. The molecule has 0 saturated heterocycles. The van der Waals surface area contributed by atoms with Crippen LogP contribution in [-0.4, -0.2) is 10.3 Å². The van der Waals surface area contributed by atoms with E-state index in [1.54, 1.807) is 0 Å². The summed E-state index contributed by atoms with van der Waals surface area (Å²) in [5, 5.41) is 1.52. The first-order valence-corrected chi connectivity index (χ1v) is 6.44. The zero-order chi connectivity index (χ0) is 10.7. The van der Waals surface area contributed by atoms with Crippen molar-refractivity contribution in [3.8, 4) is 11.8 Å². The maximum atomic E-state index is 5.63. The van der Waals surface area contributed by atoms with Gasteiger partial charge in [-0.1, -0.05) is 39.1 Å². The van der Waals surface area contributed by atoms with E-state index in [2.05, 4.69) is 32.8 Å². The van der Waals surface area contributed by atoms with Gasteiger partial charge in [-0.25, -0.2) is 4.98 Å². The Morgan fingerprint density at radius 2 is 2.33 bits per heavy atom. The van der Waals surface area contributed by atoms with Crippen molar-refractivity contribution in [3.63, 3.8) is 0 Å². The molecular formula is C11H9BrN2S. The SMILES string of the molecule is Nc1nc2cc(C#CCCBr)ccc2s1. The van der Waals surface area contributed by atoms with Gasteiger partial charge >= 0.3 is 0 Å². The zero-order valence-corrected chi connectivity index (χ0v) is 10.4. The molecule has 1 heterocycles. The molecule has 2 nitrogen and oxygen atoms in total. The Bertz CT molecular complexity index is 536. The van der Waals surface area contributed by atoms with Crippen LogP contribution in [0.4, 0.5) is 5.13 Å². The second-order valence-electron chi connectivity index (χ2n) is 2.98. The topological polar surface area (TPSA) is 38.9 Å². The average Bonchev–Trinajstić information content (AvgIpc) is 2.57. The molecule has 0 spiro atoms. The number of alkyl halides is 1. The van der Waals surface area contributed by atoms with Crippen LogP contribution in [0.2, 0.25) is 0 Å². The molecule has 1 aromatic heterocycles. The van der Waals surface area contributed by atoms with Crippen molar-refractivity contribution in [2.75, 3.05) is 11.1 Å². The largest absolute Gasteiger partial charge is 0.375 e. The average molecular weight is 281 g/mol. The van der Waals surface area contributed by atoms with Gasteiger partial charge in [0.05, 0.1) is 10.2 Å². The highest BCUT2D eigenvalue weighted by Gasteiger charge is 2.00. The van der Waals surface area contributed by atoms with Crippen molar-refractivity contribution in [2.45, 2.75) is 6.42 Å². The van der Waals surface area contributed by atoms with Gasteiger partial charge in [-0.2, -0.15) is 0 Å². The second-order valence-corrected chi connectivity index (χ2v) is 4.83. The molecule has 2 N–H and O–H groups in total. The lowest BCUT2D eigenvalue weighted by Gasteiger charge is -1.89. The standard InChI is InChI=1S/C11H9BrN2S/c12-6-2-1-3-8-4-5-10-9(7-8)14-11(13)15-10/h4-5,7H,2,6H2,(H2,13,14). The minimum absolute atomic E-state index is 0.607. The van der Waals surface area contributed by atoms with E-state index < -0.39 is 0 Å². The zero-order valence-electron chi connectivity index (χ0n) is 7.96. The third-order valence-electron chi connectivity index (χ3n) is 1.86. The number of nitrogens with zero attached hydrogens (tertiary/aromatic N) is 1. The van der Waals surface area contributed by atoms with Gasteiger partial charge in [0, 0.05) is 17.3 Å². The fourth-order valence-electron chi connectivity index (χ4n) is 1.23. The number of hydrogen-bond donors (Lipinski definition) is 1. The molecule has 0 saturated carbocycles. The fourth-order valence-corrected chi connectivity index (χ4v) is 2.15. The van der Waals surface area contributed by atoms with Crippen LogP contribution in [0.3, 0.4) is 0 Å². The summed E-state index contributed by atoms with van der Waals surface area (Å²) in [5.74, 6) is 6.16. The molecule has 0 amide bonds. The minimum Gasteiger partial charge on any atom is -0.375 e. The molecule has 0 fully saturated rings. The van der Waals surface area contributed by atoms with Crippen LogP contribution in [0.5, 0.6) is 0 Å². The summed E-state index contributed by atoms with van der Waals surface area (Å²) in [4.78, 5) is 4.22. The van der Waals surface area contributed by atoms with Gasteiger partial charge in [0.1, 0.15) is 0 Å². The highest BCUT2D eigenvalue weighted by molar-refractivity contribution is 9.09. The molecule has 15 heavy (non-hydrogen) atoms. The van der Waals surface area contributed by atoms with Crippen molar-refractivity contribution in [1.82, 2.24) is 4.98 Å². The molecule has 2 rings (SSSR count). The fraction of sp³-hybridized carbons (Fsp3) is 0.182. The molecule has 0 radical (unpaired) electrons. The molecule has 2 aromatic rings. The third-order valence-corrected chi connectivity index (χ3v) is 3.12. The van der Waals surface area contributed by atoms with E-state index in [0.29, 0.717) is 5.13 Å². The summed E-state index contributed by atoms with van der Waals surface area (Å²) in [6, 6.07) is 5.99. The number of anilines is 1. The predicted molar refractivity (Wildman–Crippen MR) is 69.3 cm³/mol. The van der Waals surface area contributed by atoms with E-state index in [1.165, 1.54) is 11.3 Å². The molecule has 0 unspecified atom stereocenters. The summed E-state index contributed by atoms with van der Waals surface area (Å²) < 4.78 is 1.11. The van der Waals surface area contributed by atoms with Gasteiger partial charge in [-0.15, -0.1) is 0 Å². The smallest absolute Gasteiger partial charge is 0.181 e. The minimum atomic E-state index is 0.607. The quantitative estimate of drug-likeness (QED) is 0.644. The number of nitrogens with two attached hydrogens (primary N) is 1. The Kier molecular flexibility index (Phi) is 3.24. The highest BCUT2D eigenvalue weighted by atomic mass is 79.9. The van der Waals surface area contributed by atoms with Gasteiger partial charge in [0.25, 0.3) is 0 Å². The summed E-state index contributed by atoms with van der Waals surface area (Å²) in [5.41, 5.74) is 7.56. The van der Waals surface area contributed by atoms with Gasteiger partial charge in [-0.3, -0.25) is 0 Å². The summed E-state index contributed by atoms with van der Waals surface area (Å²) >= 11 is 4.84. The van der Waals surface area contributed by atoms with Crippen molar-refractivity contribution in [3.05, 3.63) is 23.8 Å². The van der Waals surface area contributed by atoms with Gasteiger partial charge in [0.15, 0.2) is 5.13 Å². The number of hydrogen-bond acceptors (Lipinski definition) is 3. The van der Waals surface area contributed by atoms with Crippen LogP contribution in [0.15, 0.2) is 18.2 Å². The number of thiazole rings is 1. The Balaban J connectivity index is 2.35. The molecule has 0 aliphatic heterocycles. The Labute approximate surface area is 101 Å². The third kappa shape index (κ3) is 2.49. The summed E-state index contributed by atoms with van der Waals surface area (Å²) in [6.45, 7) is 0. The van der Waals surface area contributed by atoms with E-state index in [4.69, 9.17) is 5.73 Å². The van der Waals surface area contributed by atoms with Gasteiger partial charge in [-0.05, 0) is 18.2 Å². The number of fused-ring (bicyclic) bond motifs is 1. The summed E-state index contributed by atoms with van der Waals surface area (Å²) in [7, 11) is 0.